The maximum absolute atomic E-state index is 12.3. The highest BCUT2D eigenvalue weighted by molar-refractivity contribution is 7.99. The summed E-state index contributed by atoms with van der Waals surface area (Å²) in [5, 5.41) is 11.8. The molecule has 10 heteroatoms. The third-order valence-corrected chi connectivity index (χ3v) is 8.03. The fourth-order valence-electron chi connectivity index (χ4n) is 3.50. The van der Waals surface area contributed by atoms with Crippen LogP contribution in [-0.4, -0.2) is 46.3 Å². The third-order valence-electron chi connectivity index (χ3n) is 5.17. The highest BCUT2D eigenvalue weighted by Gasteiger charge is 2.29. The number of carbonyl (C=O) groups is 1. The van der Waals surface area contributed by atoms with Crippen molar-refractivity contribution in [3.63, 3.8) is 0 Å². The molecule has 2 heterocycles. The molecule has 0 radical (unpaired) electrons. The van der Waals surface area contributed by atoms with Crippen molar-refractivity contribution in [2.24, 2.45) is 13.0 Å². The van der Waals surface area contributed by atoms with Gasteiger partial charge in [0.25, 0.3) is 0 Å². The summed E-state index contributed by atoms with van der Waals surface area (Å²) in [6.07, 6.45) is 1.24. The number of nitrogens with one attached hydrogen (secondary N) is 1. The van der Waals surface area contributed by atoms with Gasteiger partial charge in [-0.3, -0.25) is 4.79 Å². The lowest BCUT2D eigenvalue weighted by Gasteiger charge is -2.09. The Labute approximate surface area is 191 Å². The number of rotatable bonds is 8. The summed E-state index contributed by atoms with van der Waals surface area (Å²) in [4.78, 5) is 12.3. The second-order valence-electron chi connectivity index (χ2n) is 7.71. The van der Waals surface area contributed by atoms with Crippen LogP contribution >= 0.6 is 11.8 Å². The molecule has 1 aliphatic heterocycles. The quantitative estimate of drug-likeness (QED) is 0.502. The van der Waals surface area contributed by atoms with Crippen molar-refractivity contribution < 1.29 is 17.9 Å². The van der Waals surface area contributed by atoms with Crippen molar-refractivity contribution in [1.29, 1.82) is 0 Å². The zero-order valence-corrected chi connectivity index (χ0v) is 19.2. The van der Waals surface area contributed by atoms with Gasteiger partial charge in [-0.1, -0.05) is 30.0 Å². The first-order chi connectivity index (χ1) is 15.4. The van der Waals surface area contributed by atoms with Gasteiger partial charge in [-0.15, -0.1) is 10.2 Å². The fourth-order valence-corrected chi connectivity index (χ4v) is 6.09. The maximum Gasteiger partial charge on any atom is 0.234 e. The number of carbonyl (C=O) groups excluding carboxylic acids is 1. The number of thioether (sulfide) groups is 1. The number of hydrogen-bond donors (Lipinski definition) is 1. The molecule has 1 atom stereocenters. The predicted molar refractivity (Wildman–Crippen MR) is 124 cm³/mol. The minimum atomic E-state index is -2.92. The molecule has 0 bridgehead atoms. The van der Waals surface area contributed by atoms with Gasteiger partial charge in [-0.2, -0.15) is 0 Å². The first-order valence-corrected chi connectivity index (χ1v) is 13.0. The van der Waals surface area contributed by atoms with Crippen molar-refractivity contribution in [3.05, 3.63) is 60.4 Å². The summed E-state index contributed by atoms with van der Waals surface area (Å²) in [7, 11) is -1.08. The first kappa shape index (κ1) is 22.3. The Kier molecular flexibility index (Phi) is 6.80. The van der Waals surface area contributed by atoms with Crippen LogP contribution in [0.3, 0.4) is 0 Å². The van der Waals surface area contributed by atoms with E-state index in [1.807, 2.05) is 41.9 Å². The van der Waals surface area contributed by atoms with Crippen LogP contribution < -0.4 is 10.1 Å². The van der Waals surface area contributed by atoms with E-state index in [0.29, 0.717) is 29.4 Å². The summed E-state index contributed by atoms with van der Waals surface area (Å²) in [6, 6.07) is 16.7. The van der Waals surface area contributed by atoms with Crippen LogP contribution in [0.25, 0.3) is 0 Å². The molecule has 0 spiro atoms. The van der Waals surface area contributed by atoms with E-state index in [1.165, 1.54) is 11.8 Å². The minimum absolute atomic E-state index is 0.0814. The molecule has 0 saturated carbocycles. The molecule has 8 nitrogen and oxygen atoms in total. The van der Waals surface area contributed by atoms with E-state index < -0.39 is 9.84 Å². The van der Waals surface area contributed by atoms with Crippen molar-refractivity contribution >= 4 is 33.2 Å². The van der Waals surface area contributed by atoms with Gasteiger partial charge in [0, 0.05) is 19.2 Å². The molecule has 1 unspecified atom stereocenters. The molecule has 1 aromatic heterocycles. The molecular weight excluding hydrogens is 448 g/mol. The van der Waals surface area contributed by atoms with Crippen LogP contribution in [0.2, 0.25) is 0 Å². The fraction of sp³-hybridized carbons (Fsp3) is 0.318. The van der Waals surface area contributed by atoms with E-state index >= 15 is 0 Å². The molecular formula is C22H24N4O4S2. The van der Waals surface area contributed by atoms with Crippen LogP contribution in [0.4, 0.5) is 5.69 Å². The number of para-hydroxylation sites is 1. The third kappa shape index (κ3) is 5.89. The van der Waals surface area contributed by atoms with Gasteiger partial charge in [0.1, 0.15) is 17.3 Å². The Hall–Kier alpha value is -2.85. The normalized spacial score (nSPS) is 17.2. The highest BCUT2D eigenvalue weighted by atomic mass is 32.2. The Morgan fingerprint density at radius 2 is 1.84 bits per heavy atom. The summed E-state index contributed by atoms with van der Waals surface area (Å²) in [5.41, 5.74) is 0.678. The monoisotopic (exact) mass is 472 g/mol. The van der Waals surface area contributed by atoms with Crippen molar-refractivity contribution in [2.75, 3.05) is 22.6 Å². The van der Waals surface area contributed by atoms with E-state index in [-0.39, 0.29) is 29.1 Å². The van der Waals surface area contributed by atoms with Gasteiger partial charge >= 0.3 is 0 Å². The van der Waals surface area contributed by atoms with Gasteiger partial charge in [0.05, 0.1) is 17.3 Å². The SMILES string of the molecule is Cn1c(CC2CCS(=O)(=O)C2)nnc1SCC(=O)Nc1ccc(Oc2ccccc2)cc1. The molecule has 1 aliphatic rings. The summed E-state index contributed by atoms with van der Waals surface area (Å²) < 4.78 is 30.9. The smallest absolute Gasteiger partial charge is 0.234 e. The van der Waals surface area contributed by atoms with E-state index in [0.717, 1.165) is 11.6 Å². The minimum Gasteiger partial charge on any atom is -0.457 e. The van der Waals surface area contributed by atoms with E-state index in [4.69, 9.17) is 4.74 Å². The van der Waals surface area contributed by atoms with Gasteiger partial charge in [0.15, 0.2) is 15.0 Å². The van der Waals surface area contributed by atoms with Gasteiger partial charge in [-0.25, -0.2) is 8.42 Å². The van der Waals surface area contributed by atoms with Crippen LogP contribution in [-0.2, 0) is 28.1 Å². The predicted octanol–water partition coefficient (Wildman–Crippen LogP) is 3.32. The number of nitrogens with zero attached hydrogens (tertiary/aromatic N) is 3. The van der Waals surface area contributed by atoms with Gasteiger partial charge in [-0.05, 0) is 48.7 Å². The molecule has 0 aliphatic carbocycles. The molecule has 32 heavy (non-hydrogen) atoms. The van der Waals surface area contributed by atoms with E-state index in [1.54, 1.807) is 24.3 Å². The second-order valence-corrected chi connectivity index (χ2v) is 10.9. The lowest BCUT2D eigenvalue weighted by atomic mass is 10.1. The topological polar surface area (TPSA) is 103 Å². The van der Waals surface area contributed by atoms with Gasteiger partial charge in [0.2, 0.25) is 5.91 Å². The lowest BCUT2D eigenvalue weighted by molar-refractivity contribution is -0.113. The van der Waals surface area contributed by atoms with Crippen molar-refractivity contribution in [2.45, 2.75) is 18.0 Å². The van der Waals surface area contributed by atoms with Crippen LogP contribution in [0.1, 0.15) is 12.2 Å². The number of aromatic nitrogens is 3. The zero-order valence-electron chi connectivity index (χ0n) is 17.6. The number of amides is 1. The summed E-state index contributed by atoms with van der Waals surface area (Å²) >= 11 is 1.29. The molecule has 168 valence electrons. The summed E-state index contributed by atoms with van der Waals surface area (Å²) in [6.45, 7) is 0. The Morgan fingerprint density at radius 3 is 2.53 bits per heavy atom. The van der Waals surface area contributed by atoms with Crippen LogP contribution in [0.5, 0.6) is 11.5 Å². The lowest BCUT2D eigenvalue weighted by Crippen LogP contribution is -2.14. The molecule has 1 N–H and O–H groups in total. The standard InChI is InChI=1S/C22H24N4O4S2/c1-26-20(13-16-11-12-32(28,29)15-16)24-25-22(26)31-14-21(27)23-17-7-9-19(10-8-17)30-18-5-3-2-4-6-18/h2-10,16H,11-15H2,1H3,(H,23,27). The van der Waals surface area contributed by atoms with Crippen molar-refractivity contribution in [3.8, 4) is 11.5 Å². The number of hydrogen-bond acceptors (Lipinski definition) is 7. The van der Waals surface area contributed by atoms with Gasteiger partial charge < -0.3 is 14.6 Å². The average molecular weight is 473 g/mol. The van der Waals surface area contributed by atoms with Crippen molar-refractivity contribution in [1.82, 2.24) is 14.8 Å². The Balaban J connectivity index is 1.26. The van der Waals surface area contributed by atoms with E-state index in [2.05, 4.69) is 15.5 Å². The Morgan fingerprint density at radius 1 is 1.12 bits per heavy atom. The largest absolute Gasteiger partial charge is 0.457 e. The highest BCUT2D eigenvalue weighted by Crippen LogP contribution is 2.25. The zero-order chi connectivity index (χ0) is 22.6. The van der Waals surface area contributed by atoms with E-state index in [9.17, 15) is 13.2 Å². The molecule has 1 amide bonds. The average Bonchev–Trinajstić information content (AvgIpc) is 3.30. The molecule has 1 fully saturated rings. The number of sulfone groups is 1. The summed E-state index contributed by atoms with van der Waals surface area (Å²) in [5.74, 6) is 2.74. The first-order valence-electron chi connectivity index (χ1n) is 10.2. The molecule has 4 rings (SSSR count). The molecule has 2 aromatic carbocycles. The second kappa shape index (κ2) is 9.74. The van der Waals surface area contributed by atoms with Crippen LogP contribution in [0.15, 0.2) is 59.8 Å². The number of benzene rings is 2. The number of anilines is 1. The van der Waals surface area contributed by atoms with Crippen LogP contribution in [0, 0.1) is 5.92 Å². The number of ether oxygens (including phenoxy) is 1. The molecule has 3 aromatic rings. The Bertz CT molecular complexity index is 1180. The molecule has 1 saturated heterocycles. The maximum atomic E-state index is 12.3.